The fourth-order valence-electron chi connectivity index (χ4n) is 3.58. The molecule has 0 saturated heterocycles. The summed E-state index contributed by atoms with van der Waals surface area (Å²) in [4.78, 5) is 40.3. The Kier molecular flexibility index (Phi) is 6.99. The lowest BCUT2D eigenvalue weighted by atomic mass is 9.96. The van der Waals surface area contributed by atoms with Crippen LogP contribution in [0.2, 0.25) is 0 Å². The average molecular weight is 462 g/mol. The first-order valence-electron chi connectivity index (χ1n) is 10.0. The van der Waals surface area contributed by atoms with Gasteiger partial charge in [-0.3, -0.25) is 14.9 Å². The van der Waals surface area contributed by atoms with Gasteiger partial charge in [-0.15, -0.1) is 0 Å². The van der Waals surface area contributed by atoms with Crippen molar-refractivity contribution in [2.75, 3.05) is 7.05 Å². The van der Waals surface area contributed by atoms with Crippen LogP contribution in [0.25, 0.3) is 33.4 Å². The van der Waals surface area contributed by atoms with E-state index < -0.39 is 16.6 Å². The molecule has 0 unspecified atom stereocenters. The molecule has 0 bridgehead atoms. The van der Waals surface area contributed by atoms with Gasteiger partial charge in [-0.25, -0.2) is 4.39 Å². The third kappa shape index (κ3) is 4.60. The summed E-state index contributed by atoms with van der Waals surface area (Å²) in [6.45, 7) is 3.90. The second-order valence-electron chi connectivity index (χ2n) is 7.40. The van der Waals surface area contributed by atoms with E-state index in [1.54, 1.807) is 6.07 Å². The van der Waals surface area contributed by atoms with E-state index in [0.717, 1.165) is 11.1 Å². The number of nitro benzene ring substituents is 1. The van der Waals surface area contributed by atoms with Crippen LogP contribution < -0.4 is 5.32 Å². The van der Waals surface area contributed by atoms with Gasteiger partial charge in [0.15, 0.2) is 0 Å². The number of furan rings is 1. The lowest BCUT2D eigenvalue weighted by Crippen LogP contribution is -2.18. The molecule has 1 aromatic heterocycles. The number of carbonyl (C=O) groups is 1. The molecule has 0 spiro atoms. The highest BCUT2D eigenvalue weighted by atomic mass is 19.1. The van der Waals surface area contributed by atoms with Gasteiger partial charge in [-0.05, 0) is 60.9 Å². The quantitative estimate of drug-likeness (QED) is 0.329. The monoisotopic (exact) mass is 462 g/mol. The van der Waals surface area contributed by atoms with Gasteiger partial charge in [0.2, 0.25) is 0 Å². The van der Waals surface area contributed by atoms with Gasteiger partial charge in [-0.1, -0.05) is 18.2 Å². The van der Waals surface area contributed by atoms with Crippen LogP contribution in [0.15, 0.2) is 59.0 Å². The van der Waals surface area contributed by atoms with E-state index in [2.05, 4.69) is 5.32 Å². The third-order valence-corrected chi connectivity index (χ3v) is 5.38. The Balaban J connectivity index is 0.00000103. The molecule has 4 aromatic rings. The fourth-order valence-corrected chi connectivity index (χ4v) is 3.58. The second kappa shape index (κ2) is 9.89. The Labute approximate surface area is 193 Å². The number of hydrogen-bond donors (Lipinski definition) is 1. The number of fused-ring (bicyclic) bond motifs is 1. The van der Waals surface area contributed by atoms with Crippen molar-refractivity contribution in [1.29, 1.82) is 0 Å². The summed E-state index contributed by atoms with van der Waals surface area (Å²) >= 11 is 0. The van der Waals surface area contributed by atoms with E-state index in [-0.39, 0.29) is 28.7 Å². The summed E-state index contributed by atoms with van der Waals surface area (Å²) in [5.74, 6) is -0.604. The summed E-state index contributed by atoms with van der Waals surface area (Å²) in [6.07, 6.45) is 0.250. The molecule has 0 aliphatic heterocycles. The molecular formula is C25H19FN2O6. The average Bonchev–Trinajstić information content (AvgIpc) is 3.19. The number of rotatable bonds is 4. The van der Waals surface area contributed by atoms with Crippen LogP contribution in [0.5, 0.6) is 0 Å². The molecule has 172 valence electrons. The van der Waals surface area contributed by atoms with Gasteiger partial charge >= 0.3 is 6.15 Å². The van der Waals surface area contributed by atoms with Crippen molar-refractivity contribution in [1.82, 2.24) is 5.32 Å². The van der Waals surface area contributed by atoms with E-state index in [9.17, 15) is 19.3 Å². The predicted molar refractivity (Wildman–Crippen MR) is 122 cm³/mol. The predicted octanol–water partition coefficient (Wildman–Crippen LogP) is 5.21. The minimum Gasteiger partial charge on any atom is -0.455 e. The van der Waals surface area contributed by atoms with Crippen LogP contribution in [-0.2, 0) is 9.59 Å². The lowest BCUT2D eigenvalue weighted by Gasteiger charge is -2.07. The van der Waals surface area contributed by atoms with Gasteiger partial charge in [0, 0.05) is 18.0 Å². The van der Waals surface area contributed by atoms with Crippen molar-refractivity contribution in [3.63, 3.8) is 0 Å². The van der Waals surface area contributed by atoms with Crippen molar-refractivity contribution in [2.24, 2.45) is 0 Å². The Morgan fingerprint density at radius 2 is 1.62 bits per heavy atom. The van der Waals surface area contributed by atoms with Crippen molar-refractivity contribution < 1.29 is 28.1 Å². The fraction of sp³-hybridized carbons (Fsp3) is 0.120. The van der Waals surface area contributed by atoms with Crippen molar-refractivity contribution >= 4 is 28.7 Å². The van der Waals surface area contributed by atoms with Gasteiger partial charge in [0.25, 0.3) is 11.6 Å². The van der Waals surface area contributed by atoms with Gasteiger partial charge in [0.1, 0.15) is 17.2 Å². The first-order valence-corrected chi connectivity index (χ1v) is 10.0. The zero-order valence-corrected chi connectivity index (χ0v) is 18.5. The van der Waals surface area contributed by atoms with Crippen LogP contribution in [0.3, 0.4) is 0 Å². The van der Waals surface area contributed by atoms with E-state index in [1.807, 2.05) is 32.0 Å². The number of hydrogen-bond acceptors (Lipinski definition) is 6. The van der Waals surface area contributed by atoms with E-state index in [1.165, 1.54) is 37.4 Å². The molecule has 1 heterocycles. The molecule has 9 heteroatoms. The number of carbonyl (C=O) groups excluding carboxylic acids is 3. The largest absolute Gasteiger partial charge is 0.455 e. The number of nitrogens with zero attached hydrogens (tertiary/aromatic N) is 1. The number of benzene rings is 3. The van der Waals surface area contributed by atoms with Crippen molar-refractivity contribution in [3.05, 3.63) is 87.2 Å². The van der Waals surface area contributed by atoms with Gasteiger partial charge < -0.3 is 9.73 Å². The van der Waals surface area contributed by atoms with E-state index in [0.29, 0.717) is 22.1 Å². The highest BCUT2D eigenvalue weighted by molar-refractivity contribution is 6.12. The Bertz CT molecular complexity index is 1430. The van der Waals surface area contributed by atoms with Gasteiger partial charge in [-0.2, -0.15) is 9.59 Å². The molecule has 1 amide bonds. The molecule has 3 aromatic carbocycles. The molecule has 4 rings (SSSR count). The molecule has 0 atom stereocenters. The van der Waals surface area contributed by atoms with Crippen LogP contribution in [0.4, 0.5) is 10.1 Å². The normalized spacial score (nSPS) is 10.2. The molecule has 0 aliphatic rings. The molecular weight excluding hydrogens is 443 g/mol. The first-order chi connectivity index (χ1) is 16.2. The third-order valence-electron chi connectivity index (χ3n) is 5.38. The molecule has 0 fully saturated rings. The lowest BCUT2D eigenvalue weighted by molar-refractivity contribution is -0.384. The molecule has 0 saturated carbocycles. The summed E-state index contributed by atoms with van der Waals surface area (Å²) in [5, 5.41) is 14.9. The standard InChI is InChI=1S/C24H19FN2O4.CO2/c1-13-4-5-16(10-14(13)2)18-11-19-21(12-20(18)27(29)30)31-23(22(19)24(28)26-3)15-6-8-17(25)9-7-15;2-1-3/h4-12H,1-3H3,(H,26,28);. The zero-order chi connectivity index (χ0) is 25.0. The maximum Gasteiger partial charge on any atom is 0.373 e. The molecule has 34 heavy (non-hydrogen) atoms. The van der Waals surface area contributed by atoms with Crippen molar-refractivity contribution in [3.8, 4) is 22.5 Å². The van der Waals surface area contributed by atoms with Crippen LogP contribution >= 0.6 is 0 Å². The topological polar surface area (TPSA) is 120 Å². The maximum absolute atomic E-state index is 13.4. The SMILES string of the molecule is CNC(=O)c1c(-c2ccc(F)cc2)oc2cc([N+](=O)[O-])c(-c3ccc(C)c(C)c3)cc12.O=C=O. The van der Waals surface area contributed by atoms with Crippen molar-refractivity contribution in [2.45, 2.75) is 13.8 Å². The van der Waals surface area contributed by atoms with Crippen LogP contribution in [0, 0.1) is 29.8 Å². The maximum atomic E-state index is 13.4. The number of nitro groups is 1. The smallest absolute Gasteiger partial charge is 0.373 e. The highest BCUT2D eigenvalue weighted by Crippen LogP contribution is 2.40. The Morgan fingerprint density at radius 1 is 1.00 bits per heavy atom. The van der Waals surface area contributed by atoms with E-state index in [4.69, 9.17) is 14.0 Å². The molecule has 0 radical (unpaired) electrons. The number of halogens is 1. The Hall–Kier alpha value is -4.62. The highest BCUT2D eigenvalue weighted by Gasteiger charge is 2.26. The minimum atomic E-state index is -0.469. The van der Waals surface area contributed by atoms with Crippen LogP contribution in [-0.4, -0.2) is 24.0 Å². The second-order valence-corrected chi connectivity index (χ2v) is 7.40. The number of amides is 1. The summed E-state index contributed by atoms with van der Waals surface area (Å²) in [6, 6.07) is 14.1. The number of aryl methyl sites for hydroxylation is 2. The minimum absolute atomic E-state index is 0.126. The van der Waals surface area contributed by atoms with E-state index >= 15 is 0 Å². The summed E-state index contributed by atoms with van der Waals surface area (Å²) < 4.78 is 19.3. The number of nitrogens with one attached hydrogen (secondary N) is 1. The van der Waals surface area contributed by atoms with Gasteiger partial charge in [0.05, 0.1) is 22.1 Å². The van der Waals surface area contributed by atoms with Crippen LogP contribution in [0.1, 0.15) is 21.5 Å². The molecule has 1 N–H and O–H groups in total. The zero-order valence-electron chi connectivity index (χ0n) is 18.5. The summed E-state index contributed by atoms with van der Waals surface area (Å²) in [7, 11) is 1.49. The molecule has 0 aliphatic carbocycles. The first kappa shape index (κ1) is 24.0. The Morgan fingerprint density at radius 3 is 2.18 bits per heavy atom. The molecule has 8 nitrogen and oxygen atoms in total. The summed E-state index contributed by atoms with van der Waals surface area (Å²) in [5.41, 5.74) is 3.94.